The van der Waals surface area contributed by atoms with Gasteiger partial charge >= 0.3 is 0 Å². The molecule has 1 N–H and O–H groups in total. The lowest BCUT2D eigenvalue weighted by Gasteiger charge is -2.13. The molecule has 152 valence electrons. The van der Waals surface area contributed by atoms with Crippen molar-refractivity contribution in [2.75, 3.05) is 19.5 Å². The lowest BCUT2D eigenvalue weighted by atomic mass is 10.2. The van der Waals surface area contributed by atoms with Crippen LogP contribution in [0.15, 0.2) is 58.1 Å². The van der Waals surface area contributed by atoms with Crippen LogP contribution in [0.1, 0.15) is 13.3 Å². The summed E-state index contributed by atoms with van der Waals surface area (Å²) in [5.41, 5.74) is 1.24. The maximum absolute atomic E-state index is 12.8. The van der Waals surface area contributed by atoms with Gasteiger partial charge in [0, 0.05) is 23.9 Å². The first kappa shape index (κ1) is 20.5. The molecule has 8 nitrogen and oxygen atoms in total. The van der Waals surface area contributed by atoms with E-state index in [0.29, 0.717) is 29.3 Å². The molecule has 0 bridgehead atoms. The number of rotatable bonds is 8. The lowest BCUT2D eigenvalue weighted by Crippen LogP contribution is -2.36. The van der Waals surface area contributed by atoms with Crippen LogP contribution < -0.4 is 24.6 Å². The average molecular weight is 415 g/mol. The van der Waals surface area contributed by atoms with Gasteiger partial charge in [-0.05, 0) is 47.1 Å². The van der Waals surface area contributed by atoms with Gasteiger partial charge in [-0.2, -0.15) is 0 Å². The van der Waals surface area contributed by atoms with Crippen molar-refractivity contribution < 1.29 is 28.6 Å². The van der Waals surface area contributed by atoms with Crippen LogP contribution in [0.25, 0.3) is 5.69 Å². The Morgan fingerprint density at radius 2 is 1.93 bits per heavy atom. The molecule has 2 aromatic carbocycles. The molecule has 0 aliphatic heterocycles. The molecule has 0 aliphatic carbocycles. The normalized spacial score (nSPS) is 11.7. The zero-order valence-corrected chi connectivity index (χ0v) is 17.1. The Kier molecular flexibility index (Phi) is 6.61. The van der Waals surface area contributed by atoms with Crippen LogP contribution in [0.5, 0.6) is 17.4 Å². The van der Waals surface area contributed by atoms with E-state index in [9.17, 15) is 9.90 Å². The summed E-state index contributed by atoms with van der Waals surface area (Å²) < 4.78 is 16.5. The van der Waals surface area contributed by atoms with Crippen molar-refractivity contribution in [2.24, 2.45) is 0 Å². The van der Waals surface area contributed by atoms with Crippen LogP contribution in [0.4, 0.5) is 5.69 Å². The molecular weight excluding hydrogens is 394 g/mol. The SMILES string of the molecule is CCC(Sc1c([O-])on[n+]1-c1ccc(OC)cc1)C(=O)Nc1cccc(OC)c1. The highest BCUT2D eigenvalue weighted by Crippen LogP contribution is 2.30. The summed E-state index contributed by atoms with van der Waals surface area (Å²) in [5, 5.41) is 18.6. The standard InChI is InChI=1S/C20H21N3O5S/c1-4-17(18(24)21-13-6-5-7-16(12-13)27-3)29-19-20(25)28-22-23(19)14-8-10-15(26-2)11-9-14/h5-12,17H,4H2,1-3H3,(H-,21,22,24,25). The number of anilines is 1. The molecule has 1 unspecified atom stereocenters. The summed E-state index contributed by atoms with van der Waals surface area (Å²) >= 11 is 1.11. The van der Waals surface area contributed by atoms with Crippen molar-refractivity contribution in [3.63, 3.8) is 0 Å². The van der Waals surface area contributed by atoms with Crippen molar-refractivity contribution in [1.82, 2.24) is 5.27 Å². The minimum absolute atomic E-state index is 0.225. The number of carbonyl (C=O) groups excluding carboxylic acids is 1. The number of hydrogen-bond donors (Lipinski definition) is 1. The Morgan fingerprint density at radius 3 is 2.59 bits per heavy atom. The highest BCUT2D eigenvalue weighted by atomic mass is 32.2. The van der Waals surface area contributed by atoms with E-state index in [4.69, 9.17) is 14.0 Å². The van der Waals surface area contributed by atoms with E-state index < -0.39 is 11.2 Å². The van der Waals surface area contributed by atoms with Gasteiger partial charge in [-0.25, -0.2) is 0 Å². The number of benzene rings is 2. The molecule has 1 heterocycles. The number of thioether (sulfide) groups is 1. The molecule has 0 saturated heterocycles. The Balaban J connectivity index is 1.79. The highest BCUT2D eigenvalue weighted by Gasteiger charge is 2.28. The molecule has 0 spiro atoms. The molecule has 9 heteroatoms. The van der Waals surface area contributed by atoms with Gasteiger partial charge in [0.15, 0.2) is 5.95 Å². The fraction of sp³-hybridized carbons (Fsp3) is 0.250. The third-order valence-electron chi connectivity index (χ3n) is 4.14. The number of nitrogens with one attached hydrogen (secondary N) is 1. The van der Waals surface area contributed by atoms with Crippen LogP contribution >= 0.6 is 11.8 Å². The number of methoxy groups -OCH3 is 2. The predicted molar refractivity (Wildman–Crippen MR) is 106 cm³/mol. The quantitative estimate of drug-likeness (QED) is 0.446. The zero-order chi connectivity index (χ0) is 20.8. The van der Waals surface area contributed by atoms with Gasteiger partial charge in [-0.3, -0.25) is 4.79 Å². The van der Waals surface area contributed by atoms with Crippen molar-refractivity contribution in [1.29, 1.82) is 0 Å². The Morgan fingerprint density at radius 1 is 1.21 bits per heavy atom. The van der Waals surface area contributed by atoms with Crippen LogP contribution in [0.2, 0.25) is 0 Å². The number of amides is 1. The Bertz CT molecular complexity index is 975. The van der Waals surface area contributed by atoms with Gasteiger partial charge in [0.1, 0.15) is 11.5 Å². The minimum atomic E-state index is -0.599. The summed E-state index contributed by atoms with van der Waals surface area (Å²) in [6, 6.07) is 14.1. The van der Waals surface area contributed by atoms with Gasteiger partial charge in [-0.15, -0.1) is 0 Å². The average Bonchev–Trinajstić information content (AvgIpc) is 3.12. The van der Waals surface area contributed by atoms with Gasteiger partial charge in [0.05, 0.1) is 24.7 Å². The molecule has 0 radical (unpaired) electrons. The maximum atomic E-state index is 12.8. The lowest BCUT2D eigenvalue weighted by molar-refractivity contribution is -0.705. The van der Waals surface area contributed by atoms with Crippen LogP contribution in [0.3, 0.4) is 0 Å². The van der Waals surface area contributed by atoms with E-state index >= 15 is 0 Å². The number of hydrogen-bond acceptors (Lipinski definition) is 7. The minimum Gasteiger partial charge on any atom is -0.538 e. The second-order valence-electron chi connectivity index (χ2n) is 6.01. The van der Waals surface area contributed by atoms with Crippen molar-refractivity contribution >= 4 is 23.4 Å². The molecule has 3 aromatic rings. The number of ether oxygens (including phenoxy) is 2. The molecule has 1 aromatic heterocycles. The van der Waals surface area contributed by atoms with Crippen molar-refractivity contribution in [3.8, 4) is 23.1 Å². The van der Waals surface area contributed by atoms with Crippen LogP contribution in [-0.4, -0.2) is 30.6 Å². The Hall–Kier alpha value is -3.20. The van der Waals surface area contributed by atoms with Crippen molar-refractivity contribution in [3.05, 3.63) is 48.5 Å². The molecule has 3 rings (SSSR count). The molecule has 0 fully saturated rings. The van der Waals surface area contributed by atoms with E-state index in [1.165, 1.54) is 4.68 Å². The third-order valence-corrected chi connectivity index (χ3v) is 5.54. The summed E-state index contributed by atoms with van der Waals surface area (Å²) in [5.74, 6) is 0.492. The molecule has 1 amide bonds. The smallest absolute Gasteiger partial charge is 0.298 e. The van der Waals surface area contributed by atoms with Crippen LogP contribution in [0, 0.1) is 0 Å². The monoisotopic (exact) mass is 415 g/mol. The Labute approximate surface area is 172 Å². The third kappa shape index (κ3) is 4.80. The second kappa shape index (κ2) is 9.33. The van der Waals surface area contributed by atoms with Gasteiger partial charge in [0.25, 0.3) is 5.03 Å². The molecular formula is C20H21N3O5S. The zero-order valence-electron chi connectivity index (χ0n) is 16.2. The first-order valence-electron chi connectivity index (χ1n) is 8.90. The van der Waals surface area contributed by atoms with Gasteiger partial charge < -0.3 is 24.4 Å². The fourth-order valence-electron chi connectivity index (χ4n) is 2.61. The fourth-order valence-corrected chi connectivity index (χ4v) is 3.58. The largest absolute Gasteiger partial charge is 0.538 e. The first-order valence-corrected chi connectivity index (χ1v) is 9.78. The second-order valence-corrected chi connectivity index (χ2v) is 7.20. The summed E-state index contributed by atoms with van der Waals surface area (Å²) in [7, 11) is 3.13. The van der Waals surface area contributed by atoms with E-state index in [0.717, 1.165) is 11.8 Å². The molecule has 1 atom stereocenters. The summed E-state index contributed by atoms with van der Waals surface area (Å²) in [4.78, 5) is 12.8. The van der Waals surface area contributed by atoms with E-state index in [1.54, 1.807) is 62.8 Å². The molecule has 0 saturated carbocycles. The predicted octanol–water partition coefficient (Wildman–Crippen LogP) is 2.55. The van der Waals surface area contributed by atoms with E-state index in [1.807, 2.05) is 6.92 Å². The van der Waals surface area contributed by atoms with E-state index in [-0.39, 0.29) is 10.9 Å². The maximum Gasteiger partial charge on any atom is 0.298 e. The number of carbonyl (C=O) groups is 1. The highest BCUT2D eigenvalue weighted by molar-refractivity contribution is 8.00. The first-order chi connectivity index (χ1) is 14.0. The number of aromatic nitrogens is 2. The summed E-state index contributed by atoms with van der Waals surface area (Å²) in [6.45, 7) is 1.87. The van der Waals surface area contributed by atoms with E-state index in [2.05, 4.69) is 10.6 Å². The van der Waals surface area contributed by atoms with Gasteiger partial charge in [0.2, 0.25) is 11.6 Å². The van der Waals surface area contributed by atoms with Gasteiger partial charge in [-0.1, -0.05) is 13.0 Å². The summed E-state index contributed by atoms with van der Waals surface area (Å²) in [6.07, 6.45) is 0.508. The number of nitrogens with zero attached hydrogens (tertiary/aromatic N) is 2. The topological polar surface area (TPSA) is 101 Å². The van der Waals surface area contributed by atoms with Crippen molar-refractivity contribution in [2.45, 2.75) is 23.6 Å². The molecule has 0 aliphatic rings. The van der Waals surface area contributed by atoms with Crippen LogP contribution in [-0.2, 0) is 4.79 Å². The molecule has 29 heavy (non-hydrogen) atoms.